The summed E-state index contributed by atoms with van der Waals surface area (Å²) in [5.41, 5.74) is 0. The second-order valence-electron chi connectivity index (χ2n) is 6.08. The molecule has 26 heavy (non-hydrogen) atoms. The molecule has 0 amide bonds. The normalized spacial score (nSPS) is 16.9. The maximum atomic E-state index is 12.3. The number of halogens is 2. The average molecular weight is 417 g/mol. The zero-order valence-electron chi connectivity index (χ0n) is 14.2. The largest absolute Gasteiger partial charge is 0.457 e. The molecule has 8 heteroatoms. The Hall–Kier alpha value is -1.31. The van der Waals surface area contributed by atoms with Gasteiger partial charge in [-0.3, -0.25) is 0 Å². The van der Waals surface area contributed by atoms with Crippen molar-refractivity contribution in [1.82, 2.24) is 10.0 Å². The molecule has 2 aromatic rings. The van der Waals surface area contributed by atoms with E-state index in [9.17, 15) is 8.42 Å². The van der Waals surface area contributed by atoms with Gasteiger partial charge in [0.2, 0.25) is 10.0 Å². The Morgan fingerprint density at radius 2 is 1.92 bits per heavy atom. The lowest BCUT2D eigenvalue weighted by Gasteiger charge is -2.11. The first-order valence-electron chi connectivity index (χ1n) is 8.27. The van der Waals surface area contributed by atoms with Gasteiger partial charge in [-0.05, 0) is 74.3 Å². The number of hydrogen-bond donors (Lipinski definition) is 2. The Balaban J connectivity index is 0.00000243. The molecule has 1 aliphatic heterocycles. The molecule has 0 bridgehead atoms. The van der Waals surface area contributed by atoms with E-state index in [-0.39, 0.29) is 17.3 Å². The van der Waals surface area contributed by atoms with Gasteiger partial charge in [-0.25, -0.2) is 13.1 Å². The molecule has 3 rings (SSSR count). The van der Waals surface area contributed by atoms with E-state index in [1.54, 1.807) is 48.5 Å². The van der Waals surface area contributed by atoms with E-state index in [1.807, 2.05) is 0 Å². The van der Waals surface area contributed by atoms with Crippen molar-refractivity contribution in [3.63, 3.8) is 0 Å². The second-order valence-corrected chi connectivity index (χ2v) is 8.28. The van der Waals surface area contributed by atoms with Crippen molar-refractivity contribution < 1.29 is 13.2 Å². The first kappa shape index (κ1) is 21.0. The van der Waals surface area contributed by atoms with Crippen molar-refractivity contribution >= 4 is 34.0 Å². The molecular weight excluding hydrogens is 395 g/mol. The fourth-order valence-electron chi connectivity index (χ4n) is 2.79. The van der Waals surface area contributed by atoms with E-state index in [2.05, 4.69) is 10.0 Å². The molecule has 0 saturated carbocycles. The third-order valence-electron chi connectivity index (χ3n) is 4.17. The molecule has 1 saturated heterocycles. The highest BCUT2D eigenvalue weighted by Crippen LogP contribution is 2.25. The highest BCUT2D eigenvalue weighted by Gasteiger charge is 2.17. The molecule has 142 valence electrons. The van der Waals surface area contributed by atoms with Crippen LogP contribution < -0.4 is 14.8 Å². The summed E-state index contributed by atoms with van der Waals surface area (Å²) in [7, 11) is -3.50. The number of sulfonamides is 1. The maximum absolute atomic E-state index is 12.3. The zero-order valence-corrected chi connectivity index (χ0v) is 16.5. The predicted octanol–water partition coefficient (Wildman–Crippen LogP) is 3.83. The van der Waals surface area contributed by atoms with Crippen molar-refractivity contribution in [3.8, 4) is 11.5 Å². The number of ether oxygens (including phenoxy) is 1. The minimum Gasteiger partial charge on any atom is -0.457 e. The van der Waals surface area contributed by atoms with Gasteiger partial charge in [0.1, 0.15) is 11.5 Å². The molecule has 5 nitrogen and oxygen atoms in total. The molecule has 2 aromatic carbocycles. The van der Waals surface area contributed by atoms with Crippen molar-refractivity contribution in [2.45, 2.75) is 17.7 Å². The van der Waals surface area contributed by atoms with Crippen molar-refractivity contribution in [2.24, 2.45) is 5.92 Å². The smallest absolute Gasteiger partial charge is 0.240 e. The summed E-state index contributed by atoms with van der Waals surface area (Å²) >= 11 is 5.92. The van der Waals surface area contributed by atoms with E-state index in [0.717, 1.165) is 25.9 Å². The first-order chi connectivity index (χ1) is 12.0. The summed E-state index contributed by atoms with van der Waals surface area (Å²) in [6, 6.07) is 13.4. The van der Waals surface area contributed by atoms with Gasteiger partial charge in [-0.15, -0.1) is 12.4 Å². The monoisotopic (exact) mass is 416 g/mol. The van der Waals surface area contributed by atoms with Crippen LogP contribution in [0.4, 0.5) is 0 Å². The average Bonchev–Trinajstić information content (AvgIpc) is 3.09. The highest BCUT2D eigenvalue weighted by atomic mass is 35.5. The number of benzene rings is 2. The molecule has 1 fully saturated rings. The predicted molar refractivity (Wildman–Crippen MR) is 106 cm³/mol. The lowest BCUT2D eigenvalue weighted by Crippen LogP contribution is -2.26. The standard InChI is InChI=1S/C18H21ClN2O3S.ClH/c19-15-2-1-3-17(12-15)24-16-4-6-18(7-5-16)25(22,23)21-11-9-14-8-10-20-13-14;/h1-7,12,14,20-21H,8-11,13H2;1H. The molecule has 2 N–H and O–H groups in total. The van der Waals surface area contributed by atoms with Crippen LogP contribution in [0, 0.1) is 5.92 Å². The Labute approximate surface area is 165 Å². The molecular formula is C18H22Cl2N2O3S. The molecule has 1 heterocycles. The quantitative estimate of drug-likeness (QED) is 0.719. The highest BCUT2D eigenvalue weighted by molar-refractivity contribution is 7.89. The van der Waals surface area contributed by atoms with E-state index >= 15 is 0 Å². The summed E-state index contributed by atoms with van der Waals surface area (Å²) in [6.45, 7) is 2.44. The maximum Gasteiger partial charge on any atom is 0.240 e. The molecule has 1 unspecified atom stereocenters. The van der Waals surface area contributed by atoms with Gasteiger partial charge in [0, 0.05) is 11.6 Å². The minimum atomic E-state index is -3.50. The summed E-state index contributed by atoms with van der Waals surface area (Å²) in [5, 5.41) is 3.86. The molecule has 0 spiro atoms. The molecule has 0 aliphatic carbocycles. The lowest BCUT2D eigenvalue weighted by atomic mass is 10.1. The van der Waals surface area contributed by atoms with E-state index in [1.165, 1.54) is 0 Å². The first-order valence-corrected chi connectivity index (χ1v) is 10.1. The van der Waals surface area contributed by atoms with E-state index in [0.29, 0.717) is 29.0 Å². The Morgan fingerprint density at radius 3 is 2.58 bits per heavy atom. The summed E-state index contributed by atoms with van der Waals surface area (Å²) in [6.07, 6.45) is 1.96. The number of rotatable bonds is 7. The van der Waals surface area contributed by atoms with Crippen LogP contribution in [0.5, 0.6) is 11.5 Å². The van der Waals surface area contributed by atoms with Crippen LogP contribution in [-0.2, 0) is 10.0 Å². The van der Waals surface area contributed by atoms with Gasteiger partial charge in [0.05, 0.1) is 4.90 Å². The molecule has 0 aromatic heterocycles. The Morgan fingerprint density at radius 1 is 1.15 bits per heavy atom. The van der Waals surface area contributed by atoms with E-state index < -0.39 is 10.0 Å². The SMILES string of the molecule is Cl.O=S(=O)(NCCC1CCNC1)c1ccc(Oc2cccc(Cl)c2)cc1. The van der Waals surface area contributed by atoms with Gasteiger partial charge >= 0.3 is 0 Å². The second kappa shape index (κ2) is 9.58. The van der Waals surface area contributed by atoms with Crippen LogP contribution in [0.1, 0.15) is 12.8 Å². The van der Waals surface area contributed by atoms with Gasteiger partial charge in [-0.1, -0.05) is 17.7 Å². The summed E-state index contributed by atoms with van der Waals surface area (Å²) in [4.78, 5) is 0.232. The minimum absolute atomic E-state index is 0. The fraction of sp³-hybridized carbons (Fsp3) is 0.333. The van der Waals surface area contributed by atoms with Crippen LogP contribution >= 0.6 is 24.0 Å². The van der Waals surface area contributed by atoms with Crippen molar-refractivity contribution in [2.75, 3.05) is 19.6 Å². The van der Waals surface area contributed by atoms with Gasteiger partial charge in [0.15, 0.2) is 0 Å². The molecule has 1 aliphatic rings. The Bertz CT molecular complexity index is 807. The Kier molecular flexibility index (Phi) is 7.73. The summed E-state index contributed by atoms with van der Waals surface area (Å²) in [5.74, 6) is 1.71. The van der Waals surface area contributed by atoms with Crippen LogP contribution in [0.3, 0.4) is 0 Å². The fourth-order valence-corrected chi connectivity index (χ4v) is 4.02. The lowest BCUT2D eigenvalue weighted by molar-refractivity contribution is 0.482. The number of nitrogens with one attached hydrogen (secondary N) is 2. The number of hydrogen-bond acceptors (Lipinski definition) is 4. The third-order valence-corrected chi connectivity index (χ3v) is 5.88. The van der Waals surface area contributed by atoms with Crippen molar-refractivity contribution in [1.29, 1.82) is 0 Å². The van der Waals surface area contributed by atoms with Crippen molar-refractivity contribution in [3.05, 3.63) is 53.6 Å². The van der Waals surface area contributed by atoms with E-state index in [4.69, 9.17) is 16.3 Å². The summed E-state index contributed by atoms with van der Waals surface area (Å²) < 4.78 is 33.0. The molecule has 1 atom stereocenters. The topological polar surface area (TPSA) is 67.4 Å². The van der Waals surface area contributed by atoms with Crippen LogP contribution in [0.15, 0.2) is 53.4 Å². The van der Waals surface area contributed by atoms with Crippen LogP contribution in [-0.4, -0.2) is 28.1 Å². The third kappa shape index (κ3) is 5.86. The van der Waals surface area contributed by atoms with Crippen LogP contribution in [0.25, 0.3) is 0 Å². The molecule has 0 radical (unpaired) electrons. The van der Waals surface area contributed by atoms with Crippen LogP contribution in [0.2, 0.25) is 5.02 Å². The van der Waals surface area contributed by atoms with Gasteiger partial charge in [0.25, 0.3) is 0 Å². The zero-order chi connectivity index (χ0) is 17.7. The van der Waals surface area contributed by atoms with Gasteiger partial charge < -0.3 is 10.1 Å². The van der Waals surface area contributed by atoms with Gasteiger partial charge in [-0.2, -0.15) is 0 Å².